The molecule has 6 nitrogen and oxygen atoms in total. The monoisotopic (exact) mass is 438 g/mol. The fourth-order valence-corrected chi connectivity index (χ4v) is 4.19. The number of anilines is 1. The van der Waals surface area contributed by atoms with Crippen LogP contribution in [-0.2, 0) is 19.7 Å². The second-order valence-electron chi connectivity index (χ2n) is 8.16. The van der Waals surface area contributed by atoms with Crippen LogP contribution in [0.2, 0.25) is 5.02 Å². The van der Waals surface area contributed by atoms with Crippen molar-refractivity contribution in [1.29, 1.82) is 0 Å². The van der Waals surface area contributed by atoms with E-state index in [4.69, 9.17) is 11.6 Å². The largest absolute Gasteiger partial charge is 0.392 e. The molecule has 4 rings (SSSR count). The summed E-state index contributed by atoms with van der Waals surface area (Å²) in [5.41, 5.74) is 4.23. The molecule has 3 aromatic rings. The van der Waals surface area contributed by atoms with Gasteiger partial charge in [0.25, 0.3) is 5.91 Å². The van der Waals surface area contributed by atoms with Crippen molar-refractivity contribution in [3.05, 3.63) is 70.6 Å². The molecule has 1 aliphatic rings. The number of aromatic nitrogens is 2. The molecule has 0 atom stereocenters. The average molecular weight is 439 g/mol. The number of pyridine rings is 1. The van der Waals surface area contributed by atoms with E-state index in [9.17, 15) is 9.90 Å². The van der Waals surface area contributed by atoms with Gasteiger partial charge >= 0.3 is 0 Å². The van der Waals surface area contributed by atoms with Crippen molar-refractivity contribution in [2.24, 2.45) is 0 Å². The van der Waals surface area contributed by atoms with Crippen LogP contribution < -0.4 is 5.32 Å². The number of aliphatic hydroxyl groups is 1. The Hall–Kier alpha value is -2.83. The normalized spacial score (nSPS) is 14.0. The first-order valence-corrected chi connectivity index (χ1v) is 10.9. The molecule has 2 N–H and O–H groups in total. The maximum absolute atomic E-state index is 13.4. The van der Waals surface area contributed by atoms with Gasteiger partial charge in [-0.15, -0.1) is 0 Å². The van der Waals surface area contributed by atoms with Crippen molar-refractivity contribution >= 4 is 23.3 Å². The van der Waals surface area contributed by atoms with Crippen LogP contribution in [0.25, 0.3) is 11.1 Å². The molecule has 0 spiro atoms. The number of nitrogens with one attached hydrogen (secondary N) is 1. The first kappa shape index (κ1) is 21.4. The third-order valence-corrected chi connectivity index (χ3v) is 5.78. The van der Waals surface area contributed by atoms with Crippen LogP contribution in [0.1, 0.15) is 41.9 Å². The predicted octanol–water partition coefficient (Wildman–Crippen LogP) is 4.56. The fraction of sp³-hybridized carbons (Fsp3) is 0.333. The van der Waals surface area contributed by atoms with Crippen molar-refractivity contribution in [3.63, 3.8) is 0 Å². The Bertz CT molecular complexity index is 1090. The summed E-state index contributed by atoms with van der Waals surface area (Å²) in [5, 5.41) is 13.5. The summed E-state index contributed by atoms with van der Waals surface area (Å²) in [6.45, 7) is 5.99. The Labute approximate surface area is 187 Å². The molecule has 0 radical (unpaired) electrons. The molecule has 0 aliphatic carbocycles. The highest BCUT2D eigenvalue weighted by molar-refractivity contribution is 6.33. The van der Waals surface area contributed by atoms with Crippen molar-refractivity contribution in [1.82, 2.24) is 14.5 Å². The van der Waals surface area contributed by atoms with Gasteiger partial charge in [0.15, 0.2) is 0 Å². The summed E-state index contributed by atoms with van der Waals surface area (Å²) < 4.78 is 2.02. The minimum Gasteiger partial charge on any atom is -0.392 e. The zero-order valence-electron chi connectivity index (χ0n) is 17.8. The van der Waals surface area contributed by atoms with Gasteiger partial charge in [-0.05, 0) is 43.5 Å². The number of aliphatic hydroxyl groups excluding tert-OH is 1. The lowest BCUT2D eigenvalue weighted by Crippen LogP contribution is -2.31. The predicted molar refractivity (Wildman–Crippen MR) is 123 cm³/mol. The number of amides is 1. The Morgan fingerprint density at radius 2 is 1.97 bits per heavy atom. The zero-order chi connectivity index (χ0) is 22.0. The van der Waals surface area contributed by atoms with Crippen LogP contribution in [0, 0.1) is 0 Å². The number of nitrogens with zero attached hydrogens (tertiary/aromatic N) is 3. The van der Waals surface area contributed by atoms with E-state index in [2.05, 4.69) is 24.1 Å². The summed E-state index contributed by atoms with van der Waals surface area (Å²) in [7, 11) is 0. The van der Waals surface area contributed by atoms with E-state index in [1.165, 1.54) is 0 Å². The van der Waals surface area contributed by atoms with Crippen molar-refractivity contribution in [2.75, 3.05) is 11.9 Å². The highest BCUT2D eigenvalue weighted by Crippen LogP contribution is 2.32. The highest BCUT2D eigenvalue weighted by atomic mass is 35.5. The first-order chi connectivity index (χ1) is 15.0. The fourth-order valence-electron chi connectivity index (χ4n) is 3.97. The molecule has 0 bridgehead atoms. The van der Waals surface area contributed by atoms with Gasteiger partial charge in [0.1, 0.15) is 11.5 Å². The molecule has 0 saturated carbocycles. The first-order valence-electron chi connectivity index (χ1n) is 10.6. The SMILES string of the molecule is CC(C)Nc1cc(-c2cc3n(c2)CCCN(Cc2ccccc2CO)C3=O)c(Cl)cn1. The summed E-state index contributed by atoms with van der Waals surface area (Å²) in [6.07, 6.45) is 4.50. The molecule has 0 unspecified atom stereocenters. The Morgan fingerprint density at radius 3 is 2.71 bits per heavy atom. The van der Waals surface area contributed by atoms with Crippen LogP contribution in [0.3, 0.4) is 0 Å². The standard InChI is InChI=1S/C24H27ClN4O2/c1-16(2)27-23-11-20(21(25)12-26-23)19-10-22-24(31)29(9-5-8-28(22)14-19)13-17-6-3-4-7-18(17)15-30/h3-4,6-7,10-12,14,16,30H,5,8-9,13,15H2,1-2H3,(H,26,27). The summed E-state index contributed by atoms with van der Waals surface area (Å²) in [6, 6.07) is 11.8. The minimum atomic E-state index is -0.0357. The van der Waals surface area contributed by atoms with E-state index in [0.29, 0.717) is 23.8 Å². The van der Waals surface area contributed by atoms with Gasteiger partial charge in [-0.3, -0.25) is 4.79 Å². The molecular formula is C24H27ClN4O2. The van der Waals surface area contributed by atoms with Gasteiger partial charge < -0.3 is 19.9 Å². The topological polar surface area (TPSA) is 70.4 Å². The average Bonchev–Trinajstić information content (AvgIpc) is 3.12. The van der Waals surface area contributed by atoms with E-state index < -0.39 is 0 Å². The van der Waals surface area contributed by atoms with E-state index >= 15 is 0 Å². The van der Waals surface area contributed by atoms with Crippen LogP contribution in [-0.4, -0.2) is 38.1 Å². The zero-order valence-corrected chi connectivity index (χ0v) is 18.6. The quantitative estimate of drug-likeness (QED) is 0.591. The van der Waals surface area contributed by atoms with Crippen LogP contribution in [0.15, 0.2) is 48.8 Å². The highest BCUT2D eigenvalue weighted by Gasteiger charge is 2.25. The van der Waals surface area contributed by atoms with Crippen molar-refractivity contribution in [3.8, 4) is 11.1 Å². The van der Waals surface area contributed by atoms with Gasteiger partial charge in [-0.1, -0.05) is 35.9 Å². The molecule has 0 fully saturated rings. The third-order valence-electron chi connectivity index (χ3n) is 5.48. The molecule has 31 heavy (non-hydrogen) atoms. The van der Waals surface area contributed by atoms with Gasteiger partial charge in [0.05, 0.1) is 11.6 Å². The lowest BCUT2D eigenvalue weighted by atomic mass is 10.1. The maximum atomic E-state index is 13.4. The molecule has 3 heterocycles. The number of fused-ring (bicyclic) bond motifs is 1. The number of hydrogen-bond acceptors (Lipinski definition) is 4. The maximum Gasteiger partial charge on any atom is 0.270 e. The van der Waals surface area contributed by atoms with Gasteiger partial charge in [-0.2, -0.15) is 0 Å². The van der Waals surface area contributed by atoms with Crippen molar-refractivity contribution in [2.45, 2.75) is 46.0 Å². The Morgan fingerprint density at radius 1 is 1.19 bits per heavy atom. The van der Waals surface area contributed by atoms with Crippen LogP contribution in [0.5, 0.6) is 0 Å². The number of rotatable bonds is 6. The smallest absolute Gasteiger partial charge is 0.270 e. The number of benzene rings is 1. The number of aryl methyl sites for hydroxylation is 1. The van der Waals surface area contributed by atoms with Crippen LogP contribution >= 0.6 is 11.6 Å². The molecule has 1 amide bonds. The van der Waals surface area contributed by atoms with Crippen molar-refractivity contribution < 1.29 is 9.90 Å². The molecule has 2 aromatic heterocycles. The third kappa shape index (κ3) is 4.60. The molecular weight excluding hydrogens is 412 g/mol. The van der Waals surface area contributed by atoms with E-state index in [1.807, 2.05) is 52.1 Å². The van der Waals surface area contributed by atoms with E-state index in [1.54, 1.807) is 6.20 Å². The number of halogens is 1. The molecule has 162 valence electrons. The number of carbonyl (C=O) groups is 1. The van der Waals surface area contributed by atoms with E-state index in [0.717, 1.165) is 41.0 Å². The summed E-state index contributed by atoms with van der Waals surface area (Å²) in [5.74, 6) is 0.742. The molecule has 1 aliphatic heterocycles. The molecule has 7 heteroatoms. The van der Waals surface area contributed by atoms with Crippen LogP contribution in [0.4, 0.5) is 5.82 Å². The summed E-state index contributed by atoms with van der Waals surface area (Å²) in [4.78, 5) is 19.6. The second kappa shape index (κ2) is 9.12. The van der Waals surface area contributed by atoms with Gasteiger partial charge in [0, 0.05) is 49.2 Å². The van der Waals surface area contributed by atoms with Gasteiger partial charge in [0.2, 0.25) is 0 Å². The minimum absolute atomic E-state index is 0.0119. The number of carbonyl (C=O) groups excluding carboxylic acids is 1. The number of hydrogen-bond donors (Lipinski definition) is 2. The van der Waals surface area contributed by atoms with Gasteiger partial charge in [-0.25, -0.2) is 4.98 Å². The van der Waals surface area contributed by atoms with E-state index in [-0.39, 0.29) is 18.6 Å². The molecule has 0 saturated heterocycles. The Kier molecular flexibility index (Phi) is 6.30. The molecule has 1 aromatic carbocycles. The Balaban J connectivity index is 1.64. The lowest BCUT2D eigenvalue weighted by Gasteiger charge is -2.21. The summed E-state index contributed by atoms with van der Waals surface area (Å²) >= 11 is 6.45. The second-order valence-corrected chi connectivity index (χ2v) is 8.57. The lowest BCUT2D eigenvalue weighted by molar-refractivity contribution is 0.0745.